The van der Waals surface area contributed by atoms with Gasteiger partial charge < -0.3 is 16.4 Å². The number of rotatable bonds is 3. The molecule has 150 valence electrons. The predicted octanol–water partition coefficient (Wildman–Crippen LogP) is 4.17. The number of benzene rings is 1. The van der Waals surface area contributed by atoms with Crippen molar-refractivity contribution in [2.45, 2.75) is 44.3 Å². The van der Waals surface area contributed by atoms with E-state index in [0.717, 1.165) is 35.8 Å². The smallest absolute Gasteiger partial charge is 0.254 e. The minimum absolute atomic E-state index is 0.0572. The molecular weight excluding hydrogens is 394 g/mol. The van der Waals surface area contributed by atoms with Crippen LogP contribution in [-0.2, 0) is 6.54 Å². The molecule has 1 aliphatic heterocycles. The van der Waals surface area contributed by atoms with E-state index in [1.807, 2.05) is 6.07 Å². The molecule has 1 saturated carbocycles. The van der Waals surface area contributed by atoms with Crippen LogP contribution in [0.25, 0.3) is 20.7 Å². The summed E-state index contributed by atoms with van der Waals surface area (Å²) in [5.74, 6) is -1.05. The third-order valence-corrected chi connectivity index (χ3v) is 6.85. The number of thiophene rings is 1. The molecule has 2 aliphatic rings. The first-order valence-corrected chi connectivity index (χ1v) is 10.5. The molecule has 1 fully saturated rings. The first kappa shape index (κ1) is 18.4. The Morgan fingerprint density at radius 2 is 2.03 bits per heavy atom. The van der Waals surface area contributed by atoms with E-state index in [0.29, 0.717) is 16.1 Å². The number of carbonyl (C=O) groups is 1. The van der Waals surface area contributed by atoms with Crippen LogP contribution in [0.1, 0.15) is 41.6 Å². The van der Waals surface area contributed by atoms with E-state index in [2.05, 4.69) is 15.6 Å². The summed E-state index contributed by atoms with van der Waals surface area (Å²) in [4.78, 5) is 17.6. The van der Waals surface area contributed by atoms with Crippen molar-refractivity contribution in [3.05, 3.63) is 47.0 Å². The van der Waals surface area contributed by atoms with E-state index >= 15 is 4.39 Å². The molecule has 3 heterocycles. The SMILES string of the molecule is N[C@H]1CCCC[C@H]1Nc1nc(-c2cc3ccc(F)cc3s2)c2c(c1F)CNC2=O. The zero-order chi connectivity index (χ0) is 20.1. The van der Waals surface area contributed by atoms with Crippen LogP contribution in [0, 0.1) is 11.6 Å². The van der Waals surface area contributed by atoms with Crippen LogP contribution in [0.2, 0.25) is 0 Å². The van der Waals surface area contributed by atoms with Gasteiger partial charge in [0, 0.05) is 28.9 Å². The Kier molecular flexibility index (Phi) is 4.48. The number of nitrogens with zero attached hydrogens (tertiary/aromatic N) is 1. The molecule has 0 unspecified atom stereocenters. The molecule has 0 saturated heterocycles. The second kappa shape index (κ2) is 7.03. The molecule has 5 nitrogen and oxygen atoms in total. The molecule has 5 rings (SSSR count). The fourth-order valence-electron chi connectivity index (χ4n) is 4.19. The van der Waals surface area contributed by atoms with E-state index in [4.69, 9.17) is 5.73 Å². The van der Waals surface area contributed by atoms with E-state index in [1.54, 1.807) is 6.07 Å². The summed E-state index contributed by atoms with van der Waals surface area (Å²) in [5.41, 5.74) is 7.21. The maximum absolute atomic E-state index is 15.2. The fourth-order valence-corrected chi connectivity index (χ4v) is 5.27. The minimum Gasteiger partial charge on any atom is -0.363 e. The van der Waals surface area contributed by atoms with Crippen molar-refractivity contribution in [1.29, 1.82) is 0 Å². The molecule has 0 spiro atoms. The van der Waals surface area contributed by atoms with Crippen molar-refractivity contribution in [2.24, 2.45) is 5.73 Å². The van der Waals surface area contributed by atoms with Gasteiger partial charge in [0.25, 0.3) is 5.91 Å². The third kappa shape index (κ3) is 3.16. The number of halogens is 2. The van der Waals surface area contributed by atoms with Crippen LogP contribution >= 0.6 is 11.3 Å². The van der Waals surface area contributed by atoms with Gasteiger partial charge in [-0.15, -0.1) is 11.3 Å². The Hall–Kier alpha value is -2.58. The summed E-state index contributed by atoms with van der Waals surface area (Å²) in [6, 6.07) is 6.28. The summed E-state index contributed by atoms with van der Waals surface area (Å²) in [6.45, 7) is 0.125. The first-order chi connectivity index (χ1) is 14.0. The molecular formula is C21H20F2N4OS. The maximum atomic E-state index is 15.2. The molecule has 3 aromatic rings. The highest BCUT2D eigenvalue weighted by Crippen LogP contribution is 2.39. The lowest BCUT2D eigenvalue weighted by molar-refractivity contribution is 0.0966. The number of nitrogens with one attached hydrogen (secondary N) is 2. The molecule has 29 heavy (non-hydrogen) atoms. The number of pyridine rings is 1. The van der Waals surface area contributed by atoms with Gasteiger partial charge in [-0.25, -0.2) is 13.8 Å². The monoisotopic (exact) mass is 414 g/mol. The highest BCUT2D eigenvalue weighted by Gasteiger charge is 2.32. The van der Waals surface area contributed by atoms with Crippen molar-refractivity contribution in [1.82, 2.24) is 10.3 Å². The number of carbonyl (C=O) groups excluding carboxylic acids is 1. The van der Waals surface area contributed by atoms with E-state index in [1.165, 1.54) is 23.5 Å². The van der Waals surface area contributed by atoms with Gasteiger partial charge in [0.15, 0.2) is 11.6 Å². The Bertz CT molecular complexity index is 1130. The average molecular weight is 414 g/mol. The normalized spacial score (nSPS) is 21.3. The van der Waals surface area contributed by atoms with Gasteiger partial charge in [-0.2, -0.15) is 0 Å². The summed E-state index contributed by atoms with van der Waals surface area (Å²) < 4.78 is 29.5. The summed E-state index contributed by atoms with van der Waals surface area (Å²) in [5, 5.41) is 6.74. The summed E-state index contributed by atoms with van der Waals surface area (Å²) in [7, 11) is 0. The lowest BCUT2D eigenvalue weighted by atomic mass is 9.91. The van der Waals surface area contributed by atoms with E-state index in [9.17, 15) is 9.18 Å². The lowest BCUT2D eigenvalue weighted by Gasteiger charge is -2.30. The largest absolute Gasteiger partial charge is 0.363 e. The zero-order valence-electron chi connectivity index (χ0n) is 15.6. The summed E-state index contributed by atoms with van der Waals surface area (Å²) in [6.07, 6.45) is 3.85. The number of hydrogen-bond donors (Lipinski definition) is 3. The zero-order valence-corrected chi connectivity index (χ0v) is 16.4. The molecule has 1 aromatic carbocycles. The first-order valence-electron chi connectivity index (χ1n) is 9.73. The van der Waals surface area contributed by atoms with Gasteiger partial charge in [0.05, 0.1) is 16.1 Å². The Balaban J connectivity index is 1.63. The van der Waals surface area contributed by atoms with Crippen LogP contribution in [0.3, 0.4) is 0 Å². The van der Waals surface area contributed by atoms with Crippen LogP contribution in [0.4, 0.5) is 14.6 Å². The number of amides is 1. The van der Waals surface area contributed by atoms with E-state index in [-0.39, 0.29) is 41.7 Å². The fraction of sp³-hybridized carbons (Fsp3) is 0.333. The maximum Gasteiger partial charge on any atom is 0.254 e. The van der Waals surface area contributed by atoms with Crippen LogP contribution in [0.5, 0.6) is 0 Å². The highest BCUT2D eigenvalue weighted by atomic mass is 32.1. The number of hydrogen-bond acceptors (Lipinski definition) is 5. The molecule has 2 aromatic heterocycles. The van der Waals surface area contributed by atoms with Crippen LogP contribution in [0.15, 0.2) is 24.3 Å². The third-order valence-electron chi connectivity index (χ3n) is 5.74. The summed E-state index contributed by atoms with van der Waals surface area (Å²) >= 11 is 1.34. The Morgan fingerprint density at radius 3 is 2.86 bits per heavy atom. The highest BCUT2D eigenvalue weighted by molar-refractivity contribution is 7.22. The van der Waals surface area contributed by atoms with Crippen molar-refractivity contribution >= 4 is 33.1 Å². The lowest BCUT2D eigenvalue weighted by Crippen LogP contribution is -2.43. The number of anilines is 1. The molecule has 1 amide bonds. The van der Waals surface area contributed by atoms with Crippen molar-refractivity contribution < 1.29 is 13.6 Å². The molecule has 0 bridgehead atoms. The molecule has 2 atom stereocenters. The number of aromatic nitrogens is 1. The van der Waals surface area contributed by atoms with Crippen LogP contribution in [-0.4, -0.2) is 23.0 Å². The predicted molar refractivity (Wildman–Crippen MR) is 110 cm³/mol. The Morgan fingerprint density at radius 1 is 1.21 bits per heavy atom. The number of fused-ring (bicyclic) bond motifs is 2. The molecule has 1 aliphatic carbocycles. The van der Waals surface area contributed by atoms with Gasteiger partial charge >= 0.3 is 0 Å². The van der Waals surface area contributed by atoms with Gasteiger partial charge in [-0.3, -0.25) is 4.79 Å². The quantitative estimate of drug-likeness (QED) is 0.601. The second-order valence-corrected chi connectivity index (χ2v) is 8.73. The van der Waals surface area contributed by atoms with Gasteiger partial charge in [0.2, 0.25) is 0 Å². The number of nitrogens with two attached hydrogens (primary N) is 1. The average Bonchev–Trinajstić information content (AvgIpc) is 3.29. The van der Waals surface area contributed by atoms with Gasteiger partial charge in [0.1, 0.15) is 5.82 Å². The standard InChI is InChI=1S/C21H20F2N4OS/c22-11-6-5-10-7-16(29-15(10)8-11)19-17-12(9-25-21(17)28)18(23)20(27-19)26-14-4-2-1-3-13(14)24/h5-8,13-14H,1-4,9,24H2,(H,25,28)(H,26,27)/t13-,14+/m0/s1. The van der Waals surface area contributed by atoms with Gasteiger partial charge in [-0.05, 0) is 36.4 Å². The molecule has 8 heteroatoms. The van der Waals surface area contributed by atoms with Crippen molar-refractivity contribution in [2.75, 3.05) is 5.32 Å². The van der Waals surface area contributed by atoms with Gasteiger partial charge in [-0.1, -0.05) is 18.9 Å². The minimum atomic E-state index is -0.507. The topological polar surface area (TPSA) is 80.0 Å². The van der Waals surface area contributed by atoms with Crippen LogP contribution < -0.4 is 16.4 Å². The van der Waals surface area contributed by atoms with Crippen molar-refractivity contribution in [3.8, 4) is 10.6 Å². The molecule has 4 N–H and O–H groups in total. The van der Waals surface area contributed by atoms with E-state index < -0.39 is 5.82 Å². The Labute approximate surface area is 170 Å². The second-order valence-electron chi connectivity index (χ2n) is 7.65. The molecule has 0 radical (unpaired) electrons. The van der Waals surface area contributed by atoms with Crippen molar-refractivity contribution in [3.63, 3.8) is 0 Å².